The van der Waals surface area contributed by atoms with Gasteiger partial charge in [-0.3, -0.25) is 0 Å². The third-order valence-electron chi connectivity index (χ3n) is 3.55. The lowest BCUT2D eigenvalue weighted by Gasteiger charge is -2.28. The van der Waals surface area contributed by atoms with E-state index < -0.39 is 0 Å². The zero-order chi connectivity index (χ0) is 17.7. The van der Waals surface area contributed by atoms with Gasteiger partial charge in [-0.25, -0.2) is 0 Å². The van der Waals surface area contributed by atoms with Crippen LogP contribution >= 0.6 is 0 Å². The van der Waals surface area contributed by atoms with Gasteiger partial charge >= 0.3 is 0 Å². The molecule has 0 aromatic heterocycles. The van der Waals surface area contributed by atoms with Crippen LogP contribution in [-0.4, -0.2) is 0 Å². The zero-order valence-corrected chi connectivity index (χ0v) is 16.1. The minimum atomic E-state index is 0.0849. The molecule has 0 aliphatic carbocycles. The summed E-state index contributed by atoms with van der Waals surface area (Å²) in [5.41, 5.74) is 5.03. The predicted molar refractivity (Wildman–Crippen MR) is 99.3 cm³/mol. The number of nitrogens with two attached hydrogens (primary N) is 1. The Hall–Kier alpha value is -1.28. The molecule has 0 amide bonds. The van der Waals surface area contributed by atoms with E-state index in [1.807, 2.05) is 19.9 Å². The zero-order valence-electron chi connectivity index (χ0n) is 16.1. The Bertz CT molecular complexity index is 502. The smallest absolute Gasteiger partial charge is 0.157 e. The molecule has 1 rings (SSSR count). The van der Waals surface area contributed by atoms with Crippen molar-refractivity contribution in [3.8, 4) is 5.75 Å². The molecule has 0 unspecified atom stereocenters. The molecule has 0 fully saturated rings. The van der Waals surface area contributed by atoms with E-state index >= 15 is 0 Å². The van der Waals surface area contributed by atoms with Crippen LogP contribution in [0.5, 0.6) is 5.75 Å². The van der Waals surface area contributed by atoms with Gasteiger partial charge in [-0.15, -0.1) is 0 Å². The van der Waals surface area contributed by atoms with Gasteiger partial charge in [-0.2, -0.15) is 5.90 Å². The van der Waals surface area contributed by atoms with Crippen molar-refractivity contribution < 1.29 is 4.84 Å². The van der Waals surface area contributed by atoms with Gasteiger partial charge in [0.2, 0.25) is 0 Å². The first kappa shape index (κ1) is 20.7. The normalized spacial score (nSPS) is 11.5. The highest BCUT2D eigenvalue weighted by Crippen LogP contribution is 2.38. The SMILES string of the molecule is C=Cc1cc(C(C)(C)C)c(C)c(CC(C)(C)C)c1ON.CC. The molecule has 0 saturated heterocycles. The molecular weight excluding hydrogens is 270 g/mol. The van der Waals surface area contributed by atoms with Crippen molar-refractivity contribution in [2.24, 2.45) is 11.3 Å². The largest absolute Gasteiger partial charge is 0.411 e. The fourth-order valence-electron chi connectivity index (χ4n) is 2.65. The summed E-state index contributed by atoms with van der Waals surface area (Å²) in [6.07, 6.45) is 2.75. The lowest BCUT2D eigenvalue weighted by molar-refractivity contribution is 0.320. The molecule has 0 bridgehead atoms. The van der Waals surface area contributed by atoms with Crippen LogP contribution in [0, 0.1) is 12.3 Å². The van der Waals surface area contributed by atoms with Crippen molar-refractivity contribution >= 4 is 6.08 Å². The Kier molecular flexibility index (Phi) is 7.37. The van der Waals surface area contributed by atoms with Crippen molar-refractivity contribution in [2.45, 2.75) is 74.1 Å². The Morgan fingerprint density at radius 1 is 1.14 bits per heavy atom. The maximum atomic E-state index is 5.53. The van der Waals surface area contributed by atoms with Gasteiger partial charge in [0.15, 0.2) is 5.75 Å². The standard InChI is InChI=1S/C18H29NO.C2H6/c1-9-13-10-15(18(6,7)8)12(2)14(16(13)20-19)11-17(3,4)5;1-2/h9-10H,1,11,19H2,2-8H3;1-2H3. The monoisotopic (exact) mass is 305 g/mol. The molecule has 0 heterocycles. The van der Waals surface area contributed by atoms with E-state index in [0.29, 0.717) is 0 Å². The minimum Gasteiger partial charge on any atom is -0.411 e. The Morgan fingerprint density at radius 2 is 1.64 bits per heavy atom. The highest BCUT2D eigenvalue weighted by Gasteiger charge is 2.25. The molecule has 0 radical (unpaired) electrons. The summed E-state index contributed by atoms with van der Waals surface area (Å²) < 4.78 is 0. The van der Waals surface area contributed by atoms with Gasteiger partial charge in [-0.05, 0) is 41.4 Å². The summed E-state index contributed by atoms with van der Waals surface area (Å²) in [5.74, 6) is 6.29. The topological polar surface area (TPSA) is 35.2 Å². The minimum absolute atomic E-state index is 0.0849. The fourth-order valence-corrected chi connectivity index (χ4v) is 2.65. The van der Waals surface area contributed by atoms with E-state index in [0.717, 1.165) is 17.7 Å². The number of benzene rings is 1. The van der Waals surface area contributed by atoms with Crippen LogP contribution in [0.25, 0.3) is 6.08 Å². The molecule has 0 spiro atoms. The fraction of sp³-hybridized carbons (Fsp3) is 0.600. The van der Waals surface area contributed by atoms with Crippen molar-refractivity contribution in [3.05, 3.63) is 34.9 Å². The molecule has 1 aromatic rings. The van der Waals surface area contributed by atoms with Crippen molar-refractivity contribution in [2.75, 3.05) is 0 Å². The molecule has 2 nitrogen and oxygen atoms in total. The summed E-state index contributed by atoms with van der Waals surface area (Å²) in [7, 11) is 0. The van der Waals surface area contributed by atoms with Crippen LogP contribution in [0.4, 0.5) is 0 Å². The van der Waals surface area contributed by atoms with Crippen LogP contribution in [-0.2, 0) is 11.8 Å². The van der Waals surface area contributed by atoms with Crippen LogP contribution in [0.15, 0.2) is 12.6 Å². The van der Waals surface area contributed by atoms with Crippen LogP contribution in [0.3, 0.4) is 0 Å². The van der Waals surface area contributed by atoms with Gasteiger partial charge in [-0.1, -0.05) is 68.0 Å². The molecule has 126 valence electrons. The Balaban J connectivity index is 0.00000211. The number of rotatable bonds is 3. The van der Waals surface area contributed by atoms with E-state index in [1.54, 1.807) is 0 Å². The van der Waals surface area contributed by atoms with Gasteiger partial charge in [0.25, 0.3) is 0 Å². The molecule has 1 aromatic carbocycles. The summed E-state index contributed by atoms with van der Waals surface area (Å²) in [4.78, 5) is 5.19. The molecule has 2 N–H and O–H groups in total. The molecule has 0 atom stereocenters. The van der Waals surface area contributed by atoms with Gasteiger partial charge in [0.05, 0.1) is 0 Å². The van der Waals surface area contributed by atoms with Crippen molar-refractivity contribution in [3.63, 3.8) is 0 Å². The average Bonchev–Trinajstić information content (AvgIpc) is 2.40. The first-order valence-electron chi connectivity index (χ1n) is 8.17. The average molecular weight is 306 g/mol. The maximum Gasteiger partial charge on any atom is 0.157 e. The molecule has 0 aliphatic rings. The second kappa shape index (κ2) is 7.82. The first-order valence-corrected chi connectivity index (χ1v) is 8.17. The van der Waals surface area contributed by atoms with Crippen LogP contribution in [0.2, 0.25) is 0 Å². The quantitative estimate of drug-likeness (QED) is 0.716. The van der Waals surface area contributed by atoms with Gasteiger partial charge < -0.3 is 4.84 Å². The predicted octanol–water partition coefficient (Wildman–Crippen LogP) is 5.80. The molecule has 2 heteroatoms. The summed E-state index contributed by atoms with van der Waals surface area (Å²) in [6.45, 7) is 23.4. The van der Waals surface area contributed by atoms with Gasteiger partial charge in [0, 0.05) is 11.1 Å². The lowest BCUT2D eigenvalue weighted by atomic mass is 9.77. The number of hydrogen-bond donors (Lipinski definition) is 1. The van der Waals surface area contributed by atoms with E-state index in [9.17, 15) is 0 Å². The molecule has 22 heavy (non-hydrogen) atoms. The maximum absolute atomic E-state index is 5.53. The third-order valence-corrected chi connectivity index (χ3v) is 3.55. The summed E-state index contributed by atoms with van der Waals surface area (Å²) >= 11 is 0. The lowest BCUT2D eigenvalue weighted by Crippen LogP contribution is -2.19. The molecular formula is C20H35NO. The van der Waals surface area contributed by atoms with E-state index in [1.165, 1.54) is 16.7 Å². The van der Waals surface area contributed by atoms with Crippen LogP contribution in [0.1, 0.15) is 77.6 Å². The summed E-state index contributed by atoms with van der Waals surface area (Å²) in [5, 5.41) is 0. The third kappa shape index (κ3) is 5.17. The van der Waals surface area contributed by atoms with Gasteiger partial charge in [0.1, 0.15) is 0 Å². The molecule has 0 aliphatic heterocycles. The van der Waals surface area contributed by atoms with Crippen molar-refractivity contribution in [1.82, 2.24) is 0 Å². The molecule has 0 saturated carbocycles. The van der Waals surface area contributed by atoms with E-state index in [-0.39, 0.29) is 10.8 Å². The Labute approximate surface area is 137 Å². The second-order valence-corrected chi connectivity index (χ2v) is 7.76. The highest BCUT2D eigenvalue weighted by atomic mass is 16.6. The van der Waals surface area contributed by atoms with Crippen LogP contribution < -0.4 is 10.7 Å². The van der Waals surface area contributed by atoms with E-state index in [2.05, 4.69) is 61.1 Å². The Morgan fingerprint density at radius 3 is 1.95 bits per heavy atom. The second-order valence-electron chi connectivity index (χ2n) is 7.76. The first-order chi connectivity index (χ1) is 10.0. The number of hydrogen-bond acceptors (Lipinski definition) is 2. The van der Waals surface area contributed by atoms with E-state index in [4.69, 9.17) is 10.7 Å². The van der Waals surface area contributed by atoms with Crippen molar-refractivity contribution in [1.29, 1.82) is 0 Å². The highest BCUT2D eigenvalue weighted by molar-refractivity contribution is 5.63. The summed E-state index contributed by atoms with van der Waals surface area (Å²) in [6, 6.07) is 2.15.